The quantitative estimate of drug-likeness (QED) is 0.245. The molecule has 14 heteroatoms. The molecule has 0 bridgehead atoms. The van der Waals surface area contributed by atoms with Gasteiger partial charge in [0.1, 0.15) is 6.33 Å². The van der Waals surface area contributed by atoms with Crippen molar-refractivity contribution in [1.29, 1.82) is 0 Å². The molecular weight excluding hydrogens is 468 g/mol. The second-order valence-electron chi connectivity index (χ2n) is 6.16. The first kappa shape index (κ1) is 23.1. The lowest BCUT2D eigenvalue weighted by atomic mass is 10.1. The maximum absolute atomic E-state index is 13.2. The predicted octanol–water partition coefficient (Wildman–Crippen LogP) is 6.56. The van der Waals surface area contributed by atoms with Crippen LogP contribution in [0.4, 0.5) is 55.0 Å². The Hall–Kier alpha value is -3.61. The van der Waals surface area contributed by atoms with Gasteiger partial charge in [0.05, 0.1) is 26.8 Å². The van der Waals surface area contributed by atoms with Crippen molar-refractivity contribution in [2.24, 2.45) is 0 Å². The molecule has 0 radical (unpaired) electrons. The molecule has 2 aromatic carbocycles. The van der Waals surface area contributed by atoms with E-state index in [-0.39, 0.29) is 5.69 Å². The molecule has 1 aromatic heterocycles. The van der Waals surface area contributed by atoms with Crippen molar-refractivity contribution in [3.8, 4) is 0 Å². The number of alkyl halides is 6. The smallest absolute Gasteiger partial charge is 0.334 e. The molecule has 0 saturated heterocycles. The van der Waals surface area contributed by atoms with Crippen molar-refractivity contribution >= 4 is 40.3 Å². The molecule has 0 aliphatic carbocycles. The fourth-order valence-electron chi connectivity index (χ4n) is 2.66. The van der Waals surface area contributed by atoms with Gasteiger partial charge in [-0.3, -0.25) is 10.1 Å². The van der Waals surface area contributed by atoms with E-state index in [1.54, 1.807) is 0 Å². The Bertz CT molecular complexity index is 1170. The lowest BCUT2D eigenvalue weighted by Gasteiger charge is -2.15. The van der Waals surface area contributed by atoms with Gasteiger partial charge in [0.25, 0.3) is 0 Å². The molecule has 7 nitrogen and oxygen atoms in total. The number of anilines is 4. The van der Waals surface area contributed by atoms with Gasteiger partial charge in [-0.1, -0.05) is 23.7 Å². The van der Waals surface area contributed by atoms with Crippen LogP contribution < -0.4 is 10.6 Å². The molecule has 0 atom stereocenters. The van der Waals surface area contributed by atoms with E-state index in [4.69, 9.17) is 11.6 Å². The Labute approximate surface area is 180 Å². The average Bonchev–Trinajstić information content (AvgIpc) is 2.68. The lowest BCUT2D eigenvalue weighted by Crippen LogP contribution is -2.11. The Morgan fingerprint density at radius 1 is 0.875 bits per heavy atom. The summed E-state index contributed by atoms with van der Waals surface area (Å²) in [6.45, 7) is 0. The summed E-state index contributed by atoms with van der Waals surface area (Å²) in [5.74, 6) is -1.15. The van der Waals surface area contributed by atoms with Gasteiger partial charge in [-0.2, -0.15) is 26.3 Å². The zero-order valence-electron chi connectivity index (χ0n) is 15.4. The second kappa shape index (κ2) is 8.49. The van der Waals surface area contributed by atoms with E-state index < -0.39 is 56.4 Å². The molecule has 32 heavy (non-hydrogen) atoms. The number of nitro groups is 1. The summed E-state index contributed by atoms with van der Waals surface area (Å²) < 4.78 is 78.9. The van der Waals surface area contributed by atoms with Gasteiger partial charge in [0.15, 0.2) is 0 Å². The highest BCUT2D eigenvalue weighted by Gasteiger charge is 2.35. The van der Waals surface area contributed by atoms with Crippen LogP contribution >= 0.6 is 11.6 Å². The summed E-state index contributed by atoms with van der Waals surface area (Å²) in [6.07, 6.45) is -8.75. The summed E-state index contributed by atoms with van der Waals surface area (Å²) in [5, 5.41) is 15.6. The third kappa shape index (κ3) is 4.99. The number of halogens is 7. The van der Waals surface area contributed by atoms with Crippen LogP contribution in [0.5, 0.6) is 0 Å². The second-order valence-corrected chi connectivity index (χ2v) is 6.57. The number of nitrogens with zero attached hydrogens (tertiary/aromatic N) is 3. The van der Waals surface area contributed by atoms with Crippen molar-refractivity contribution in [3.63, 3.8) is 0 Å². The molecule has 3 aromatic rings. The summed E-state index contributed by atoms with van der Waals surface area (Å²) in [6, 6.07) is 6.87. The average molecular weight is 478 g/mol. The van der Waals surface area contributed by atoms with E-state index >= 15 is 0 Å². The summed E-state index contributed by atoms with van der Waals surface area (Å²) in [5.41, 5.74) is -3.94. The Kier molecular flexibility index (Phi) is 6.12. The van der Waals surface area contributed by atoms with Crippen LogP contribution in [-0.4, -0.2) is 14.9 Å². The number of para-hydroxylation sites is 1. The standard InChI is InChI=1S/C18H10ClF6N5O2/c19-12-6-5-9(7-11(12)18(23,24)25)28-15-14(30(31)32)16(27-8-26-15)29-13-4-2-1-3-10(13)17(20,21)22/h1-8H,(H2,26,27,28,29). The highest BCUT2D eigenvalue weighted by atomic mass is 35.5. The monoisotopic (exact) mass is 477 g/mol. The van der Waals surface area contributed by atoms with Crippen LogP contribution in [0.25, 0.3) is 0 Å². The van der Waals surface area contributed by atoms with Crippen molar-refractivity contribution < 1.29 is 31.3 Å². The van der Waals surface area contributed by atoms with Gasteiger partial charge in [-0.15, -0.1) is 0 Å². The molecule has 0 aliphatic rings. The number of aromatic nitrogens is 2. The molecule has 3 rings (SSSR count). The first-order chi connectivity index (χ1) is 14.9. The molecule has 0 saturated carbocycles. The van der Waals surface area contributed by atoms with Crippen molar-refractivity contribution in [2.45, 2.75) is 12.4 Å². The number of benzene rings is 2. The van der Waals surface area contributed by atoms with Crippen LogP contribution in [0, 0.1) is 10.1 Å². The van der Waals surface area contributed by atoms with E-state index in [1.807, 2.05) is 0 Å². The van der Waals surface area contributed by atoms with E-state index in [1.165, 1.54) is 6.07 Å². The summed E-state index contributed by atoms with van der Waals surface area (Å²) in [4.78, 5) is 17.9. The van der Waals surface area contributed by atoms with Gasteiger partial charge in [-0.25, -0.2) is 9.97 Å². The lowest BCUT2D eigenvalue weighted by molar-refractivity contribution is -0.383. The van der Waals surface area contributed by atoms with E-state index in [9.17, 15) is 36.5 Å². The van der Waals surface area contributed by atoms with Crippen molar-refractivity contribution in [3.05, 3.63) is 75.1 Å². The van der Waals surface area contributed by atoms with Gasteiger partial charge in [-0.05, 0) is 30.3 Å². The number of hydrogen-bond acceptors (Lipinski definition) is 6. The molecule has 2 N–H and O–H groups in total. The Morgan fingerprint density at radius 3 is 2.06 bits per heavy atom. The highest BCUT2D eigenvalue weighted by Crippen LogP contribution is 2.40. The van der Waals surface area contributed by atoms with Crippen molar-refractivity contribution in [2.75, 3.05) is 10.6 Å². The minimum absolute atomic E-state index is 0.245. The zero-order valence-corrected chi connectivity index (χ0v) is 16.2. The first-order valence-corrected chi connectivity index (χ1v) is 8.82. The predicted molar refractivity (Wildman–Crippen MR) is 103 cm³/mol. The van der Waals surface area contributed by atoms with E-state index in [0.29, 0.717) is 6.07 Å². The molecule has 0 fully saturated rings. The van der Waals surface area contributed by atoms with Gasteiger partial charge in [0.2, 0.25) is 11.6 Å². The third-order valence-corrected chi connectivity index (χ3v) is 4.35. The molecule has 168 valence electrons. The highest BCUT2D eigenvalue weighted by molar-refractivity contribution is 6.31. The van der Waals surface area contributed by atoms with Gasteiger partial charge >= 0.3 is 18.0 Å². The maximum atomic E-state index is 13.2. The molecule has 0 spiro atoms. The number of rotatable bonds is 5. The topological polar surface area (TPSA) is 93.0 Å². The first-order valence-electron chi connectivity index (χ1n) is 8.44. The summed E-state index contributed by atoms with van der Waals surface area (Å²) in [7, 11) is 0. The van der Waals surface area contributed by atoms with Crippen LogP contribution in [0.2, 0.25) is 5.02 Å². The maximum Gasteiger partial charge on any atom is 0.418 e. The Balaban J connectivity index is 2.03. The van der Waals surface area contributed by atoms with Crippen LogP contribution in [0.3, 0.4) is 0 Å². The fourth-order valence-corrected chi connectivity index (χ4v) is 2.88. The normalized spacial score (nSPS) is 11.8. The van der Waals surface area contributed by atoms with Crippen LogP contribution in [0.15, 0.2) is 48.8 Å². The molecule has 1 heterocycles. The molecule has 0 amide bonds. The largest absolute Gasteiger partial charge is 0.418 e. The molecule has 0 unspecified atom stereocenters. The van der Waals surface area contributed by atoms with Gasteiger partial charge < -0.3 is 10.6 Å². The van der Waals surface area contributed by atoms with Crippen LogP contribution in [-0.2, 0) is 12.4 Å². The number of hydrogen-bond donors (Lipinski definition) is 2. The fraction of sp³-hybridized carbons (Fsp3) is 0.111. The zero-order chi connectivity index (χ0) is 23.7. The SMILES string of the molecule is O=[N+]([O-])c1c(Nc2ccc(Cl)c(C(F)(F)F)c2)ncnc1Nc1ccccc1C(F)(F)F. The van der Waals surface area contributed by atoms with E-state index in [2.05, 4.69) is 20.6 Å². The minimum atomic E-state index is -4.79. The Morgan fingerprint density at radius 2 is 1.47 bits per heavy atom. The molecular formula is C18H10ClF6N5O2. The van der Waals surface area contributed by atoms with E-state index in [0.717, 1.165) is 36.7 Å². The summed E-state index contributed by atoms with van der Waals surface area (Å²) >= 11 is 5.55. The van der Waals surface area contributed by atoms with Crippen molar-refractivity contribution in [1.82, 2.24) is 9.97 Å². The third-order valence-electron chi connectivity index (χ3n) is 4.02. The van der Waals surface area contributed by atoms with Gasteiger partial charge in [0, 0.05) is 5.69 Å². The minimum Gasteiger partial charge on any atom is -0.334 e. The van der Waals surface area contributed by atoms with Crippen LogP contribution in [0.1, 0.15) is 11.1 Å². The molecule has 0 aliphatic heterocycles. The number of nitrogens with one attached hydrogen (secondary N) is 2.